The first-order valence-electron chi connectivity index (χ1n) is 7.69. The summed E-state index contributed by atoms with van der Waals surface area (Å²) in [5.41, 5.74) is 9.20. The van der Waals surface area contributed by atoms with Crippen LogP contribution in [0.3, 0.4) is 0 Å². The number of hydrogen-bond donors (Lipinski definition) is 3. The lowest BCUT2D eigenvalue weighted by atomic mass is 10.1. The van der Waals surface area contributed by atoms with Gasteiger partial charge < -0.3 is 10.7 Å². The molecule has 0 aliphatic rings. The average Bonchev–Trinajstić information content (AvgIpc) is 3.25. The minimum absolute atomic E-state index is 0.370. The van der Waals surface area contributed by atoms with Gasteiger partial charge in [0.1, 0.15) is 5.69 Å². The Morgan fingerprint density at radius 2 is 1.91 bits per heavy atom. The van der Waals surface area contributed by atoms with Crippen LogP contribution >= 0.6 is 0 Å². The van der Waals surface area contributed by atoms with E-state index < -0.39 is 0 Å². The maximum atomic E-state index is 5.36. The van der Waals surface area contributed by atoms with E-state index in [0.717, 1.165) is 27.9 Å². The summed E-state index contributed by atoms with van der Waals surface area (Å²) in [7, 11) is 0. The number of fused-ring (bicyclic) bond motifs is 1. The Morgan fingerprint density at radius 3 is 2.55 bits per heavy atom. The highest BCUT2D eigenvalue weighted by Gasteiger charge is 2.08. The number of nitrogens with two attached hydrogens (primary N) is 1. The van der Waals surface area contributed by atoms with Crippen LogP contribution < -0.4 is 5.73 Å². The zero-order chi connectivity index (χ0) is 16.4. The maximum Gasteiger partial charge on any atom is 0.116 e. The molecule has 0 fully saturated rings. The van der Waals surface area contributed by atoms with Crippen LogP contribution in [-0.2, 0) is 0 Å². The van der Waals surface area contributed by atoms with Crippen molar-refractivity contribution in [2.75, 3.05) is 6.54 Å². The van der Waals surface area contributed by atoms with Crippen LogP contribution in [0.1, 0.15) is 33.3 Å². The molecule has 0 unspecified atom stereocenters. The highest BCUT2D eigenvalue weighted by atomic mass is 15.1. The largest absolute Gasteiger partial charge is 0.360 e. The molecule has 0 atom stereocenters. The number of aromatic nitrogens is 3. The van der Waals surface area contributed by atoms with Crippen LogP contribution in [0.4, 0.5) is 0 Å². The molecular formula is C18H24N4. The van der Waals surface area contributed by atoms with Gasteiger partial charge in [0.15, 0.2) is 0 Å². The van der Waals surface area contributed by atoms with E-state index in [1.807, 2.05) is 64.2 Å². The summed E-state index contributed by atoms with van der Waals surface area (Å²) in [4.78, 5) is 3.15. The summed E-state index contributed by atoms with van der Waals surface area (Å²) < 4.78 is 0. The van der Waals surface area contributed by atoms with Gasteiger partial charge >= 0.3 is 0 Å². The second kappa shape index (κ2) is 9.43. The molecule has 3 rings (SSSR count). The smallest absolute Gasteiger partial charge is 0.116 e. The molecule has 22 heavy (non-hydrogen) atoms. The molecule has 0 aliphatic carbocycles. The number of hydrogen-bond acceptors (Lipinski definition) is 2. The van der Waals surface area contributed by atoms with Crippen LogP contribution in [-0.4, -0.2) is 21.7 Å². The van der Waals surface area contributed by atoms with Crippen molar-refractivity contribution in [3.63, 3.8) is 0 Å². The summed E-state index contributed by atoms with van der Waals surface area (Å²) in [6.45, 7) is 8.37. The van der Waals surface area contributed by atoms with Gasteiger partial charge in [-0.2, -0.15) is 5.10 Å². The zero-order valence-electron chi connectivity index (χ0n) is 13.7. The molecule has 116 valence electrons. The normalized spacial score (nSPS) is 8.95. The van der Waals surface area contributed by atoms with Gasteiger partial charge in [0.05, 0.1) is 17.8 Å². The topological polar surface area (TPSA) is 70.5 Å². The first-order chi connectivity index (χ1) is 10.9. The molecule has 0 spiro atoms. The first kappa shape index (κ1) is 17.5. The molecule has 0 radical (unpaired) electrons. The summed E-state index contributed by atoms with van der Waals surface area (Å²) in [6, 6.07) is 9.94. The lowest BCUT2D eigenvalue weighted by Gasteiger charge is -1.94. The molecule has 0 aliphatic heterocycles. The van der Waals surface area contributed by atoms with Gasteiger partial charge in [-0.05, 0) is 30.3 Å². The summed E-state index contributed by atoms with van der Waals surface area (Å²) in [5, 5.41) is 8.43. The van der Waals surface area contributed by atoms with Crippen molar-refractivity contribution in [2.24, 2.45) is 5.73 Å². The number of nitrogens with zero attached hydrogens (tertiary/aromatic N) is 1. The van der Waals surface area contributed by atoms with Crippen molar-refractivity contribution in [3.05, 3.63) is 42.1 Å². The molecule has 4 heteroatoms. The lowest BCUT2D eigenvalue weighted by Crippen LogP contribution is -1.92. The van der Waals surface area contributed by atoms with Gasteiger partial charge in [-0.25, -0.2) is 0 Å². The van der Waals surface area contributed by atoms with E-state index in [9.17, 15) is 0 Å². The van der Waals surface area contributed by atoms with Gasteiger partial charge in [0.2, 0.25) is 0 Å². The molecule has 4 N–H and O–H groups in total. The predicted molar refractivity (Wildman–Crippen MR) is 94.5 cm³/mol. The van der Waals surface area contributed by atoms with Crippen LogP contribution in [0.5, 0.6) is 0 Å². The van der Waals surface area contributed by atoms with Gasteiger partial charge in [-0.1, -0.05) is 39.5 Å². The molecule has 3 aromatic rings. The Kier molecular flexibility index (Phi) is 7.52. The molecule has 1 aromatic carbocycles. The number of benzene rings is 1. The van der Waals surface area contributed by atoms with Crippen molar-refractivity contribution in [3.8, 4) is 23.2 Å². The standard InChI is InChI=1S/C14H12N4.2C2H6/c15-7-1-3-10-5-6-11-13(9-10)17-18-14(11)12-4-2-8-16-12;2*1-2/h2,4-6,8-9,16H,7,15H2,(H,17,18);2*1-2H3. The van der Waals surface area contributed by atoms with Crippen LogP contribution in [0.2, 0.25) is 0 Å². The van der Waals surface area contributed by atoms with Crippen molar-refractivity contribution in [1.29, 1.82) is 0 Å². The van der Waals surface area contributed by atoms with E-state index in [1.54, 1.807) is 0 Å². The minimum Gasteiger partial charge on any atom is -0.360 e. The highest BCUT2D eigenvalue weighted by Crippen LogP contribution is 2.25. The lowest BCUT2D eigenvalue weighted by molar-refractivity contribution is 1.11. The Balaban J connectivity index is 0.000000561. The molecule has 0 bridgehead atoms. The highest BCUT2D eigenvalue weighted by molar-refractivity contribution is 5.92. The predicted octanol–water partition coefficient (Wildman–Crippen LogP) is 3.92. The third-order valence-electron chi connectivity index (χ3n) is 2.75. The SMILES string of the molecule is CC.CC.NCC#Cc1ccc2c(-c3ccc[nH]3)n[nH]c2c1. The van der Waals surface area contributed by atoms with Crippen LogP contribution in [0, 0.1) is 11.8 Å². The van der Waals surface area contributed by atoms with Crippen LogP contribution in [0.25, 0.3) is 22.3 Å². The second-order valence-electron chi connectivity index (χ2n) is 3.92. The zero-order valence-corrected chi connectivity index (χ0v) is 13.7. The first-order valence-corrected chi connectivity index (χ1v) is 7.69. The average molecular weight is 296 g/mol. The number of aromatic amines is 2. The Morgan fingerprint density at radius 1 is 1.14 bits per heavy atom. The van der Waals surface area contributed by atoms with E-state index in [2.05, 4.69) is 27.0 Å². The minimum atomic E-state index is 0.370. The van der Waals surface area contributed by atoms with E-state index in [-0.39, 0.29) is 0 Å². The Hall–Kier alpha value is -2.51. The molecule has 0 saturated heterocycles. The third kappa shape index (κ3) is 4.00. The van der Waals surface area contributed by atoms with Crippen molar-refractivity contribution in [2.45, 2.75) is 27.7 Å². The molecule has 4 nitrogen and oxygen atoms in total. The van der Waals surface area contributed by atoms with Gasteiger partial charge in [0, 0.05) is 17.1 Å². The maximum absolute atomic E-state index is 5.36. The molecule has 2 aromatic heterocycles. The van der Waals surface area contributed by atoms with E-state index >= 15 is 0 Å². The summed E-state index contributed by atoms with van der Waals surface area (Å²) in [6.07, 6.45) is 1.89. The van der Waals surface area contributed by atoms with Crippen molar-refractivity contribution >= 4 is 10.9 Å². The second-order valence-corrected chi connectivity index (χ2v) is 3.92. The number of H-pyrrole nitrogens is 2. The van der Waals surface area contributed by atoms with Gasteiger partial charge in [0.25, 0.3) is 0 Å². The molecule has 0 saturated carbocycles. The molecule has 0 amide bonds. The fraction of sp³-hybridized carbons (Fsp3) is 0.278. The number of nitrogens with one attached hydrogen (secondary N) is 2. The Labute approximate surface area is 132 Å². The van der Waals surface area contributed by atoms with E-state index in [1.165, 1.54) is 0 Å². The van der Waals surface area contributed by atoms with E-state index in [4.69, 9.17) is 5.73 Å². The fourth-order valence-electron chi connectivity index (χ4n) is 1.93. The third-order valence-corrected chi connectivity index (χ3v) is 2.75. The van der Waals surface area contributed by atoms with E-state index in [0.29, 0.717) is 6.54 Å². The Bertz CT molecular complexity index is 727. The quantitative estimate of drug-likeness (QED) is 0.596. The summed E-state index contributed by atoms with van der Waals surface area (Å²) >= 11 is 0. The van der Waals surface area contributed by atoms with Gasteiger partial charge in [-0.15, -0.1) is 0 Å². The number of rotatable bonds is 1. The fourth-order valence-corrected chi connectivity index (χ4v) is 1.93. The summed E-state index contributed by atoms with van der Waals surface area (Å²) in [5.74, 6) is 5.85. The molecule has 2 heterocycles. The van der Waals surface area contributed by atoms with Gasteiger partial charge in [-0.3, -0.25) is 5.10 Å². The van der Waals surface area contributed by atoms with Crippen LogP contribution in [0.15, 0.2) is 36.5 Å². The molecular weight excluding hydrogens is 272 g/mol. The van der Waals surface area contributed by atoms with Crippen molar-refractivity contribution in [1.82, 2.24) is 15.2 Å². The van der Waals surface area contributed by atoms with Crippen molar-refractivity contribution < 1.29 is 0 Å². The monoisotopic (exact) mass is 296 g/mol.